The van der Waals surface area contributed by atoms with Crippen molar-refractivity contribution in [3.8, 4) is 5.75 Å². The number of pyridine rings is 1. The van der Waals surface area contributed by atoms with Gasteiger partial charge in [-0.25, -0.2) is 19.7 Å². The fourth-order valence-electron chi connectivity index (χ4n) is 6.69. The van der Waals surface area contributed by atoms with Gasteiger partial charge in [-0.15, -0.1) is 0 Å². The number of aromatic nitrogens is 6. The topological polar surface area (TPSA) is 140 Å². The van der Waals surface area contributed by atoms with Crippen molar-refractivity contribution in [2.75, 3.05) is 36.0 Å². The predicted octanol–water partition coefficient (Wildman–Crippen LogP) is 3.77. The molecule has 3 N–H and O–H groups in total. The van der Waals surface area contributed by atoms with Crippen molar-refractivity contribution in [2.24, 2.45) is 11.1 Å². The first-order valence-electron chi connectivity index (χ1n) is 14.4. The summed E-state index contributed by atoms with van der Waals surface area (Å²) in [5.41, 5.74) is 8.85. The lowest BCUT2D eigenvalue weighted by atomic mass is 9.74. The number of nitrogens with zero attached hydrogens (tertiary/aromatic N) is 8. The number of anilines is 2. The molecule has 0 saturated carbocycles. The molecule has 16 heteroatoms. The fourth-order valence-corrected chi connectivity index (χ4v) is 7.64. The van der Waals surface area contributed by atoms with Crippen LogP contribution in [-0.2, 0) is 11.3 Å². The number of nitrogens with two attached hydrogens (primary N) is 1. The number of halogens is 3. The van der Waals surface area contributed by atoms with Crippen LogP contribution in [0.2, 0.25) is 0 Å². The van der Waals surface area contributed by atoms with Crippen molar-refractivity contribution in [3.05, 3.63) is 48.8 Å². The summed E-state index contributed by atoms with van der Waals surface area (Å²) in [4.78, 5) is 30.1. The van der Waals surface area contributed by atoms with E-state index in [4.69, 9.17) is 30.3 Å². The molecule has 0 radical (unpaired) electrons. The van der Waals surface area contributed by atoms with Gasteiger partial charge in [0.2, 0.25) is 5.95 Å². The highest BCUT2D eigenvalue weighted by atomic mass is 32.2. The number of carboxylic acids is 1. The molecular formula is C28H30F3N9O3S. The third kappa shape index (κ3) is 4.89. The largest absolute Gasteiger partial charge is 0.490 e. The van der Waals surface area contributed by atoms with Crippen LogP contribution in [0.25, 0.3) is 5.65 Å². The maximum Gasteiger partial charge on any atom is 0.490 e. The van der Waals surface area contributed by atoms with Crippen LogP contribution in [0.4, 0.5) is 24.9 Å². The molecule has 232 valence electrons. The Morgan fingerprint density at radius 2 is 1.89 bits per heavy atom. The minimum atomic E-state index is -5.08. The van der Waals surface area contributed by atoms with Gasteiger partial charge in [0.1, 0.15) is 6.61 Å². The van der Waals surface area contributed by atoms with Crippen molar-refractivity contribution in [1.82, 2.24) is 29.1 Å². The van der Waals surface area contributed by atoms with E-state index in [1.165, 1.54) is 12.8 Å². The molecule has 0 bridgehead atoms. The van der Waals surface area contributed by atoms with Gasteiger partial charge in [-0.05, 0) is 37.8 Å². The van der Waals surface area contributed by atoms with Gasteiger partial charge < -0.3 is 25.4 Å². The maximum absolute atomic E-state index is 10.6. The van der Waals surface area contributed by atoms with Crippen LogP contribution in [0.1, 0.15) is 37.4 Å². The molecule has 8 rings (SSSR count). The second-order valence-corrected chi connectivity index (χ2v) is 12.5. The van der Waals surface area contributed by atoms with Gasteiger partial charge in [0.25, 0.3) is 0 Å². The Hall–Kier alpha value is -4.05. The Bertz CT molecular complexity index is 1700. The molecule has 0 unspecified atom stereocenters. The summed E-state index contributed by atoms with van der Waals surface area (Å²) in [5, 5.41) is 11.6. The molecule has 1 spiro atoms. The van der Waals surface area contributed by atoms with Gasteiger partial charge in [0.05, 0.1) is 27.6 Å². The smallest absolute Gasteiger partial charge is 0.486 e. The number of piperidine rings is 1. The second kappa shape index (κ2) is 10.8. The number of rotatable bonds is 3. The molecule has 4 aliphatic rings. The number of carboxylic acid groups (broad SMARTS) is 1. The lowest BCUT2D eigenvalue weighted by molar-refractivity contribution is -0.192. The first-order chi connectivity index (χ1) is 21.1. The molecule has 0 aromatic carbocycles. The van der Waals surface area contributed by atoms with Crippen LogP contribution < -0.4 is 20.3 Å². The van der Waals surface area contributed by atoms with Gasteiger partial charge in [0.15, 0.2) is 17.2 Å². The summed E-state index contributed by atoms with van der Waals surface area (Å²) in [5.74, 6) is 0.0296. The lowest BCUT2D eigenvalue weighted by Gasteiger charge is -2.41. The Labute approximate surface area is 254 Å². The number of alkyl halides is 3. The minimum absolute atomic E-state index is 0.0431. The highest BCUT2D eigenvalue weighted by molar-refractivity contribution is 7.99. The van der Waals surface area contributed by atoms with Crippen molar-refractivity contribution in [2.45, 2.75) is 60.3 Å². The number of aliphatic carboxylic acids is 1. The number of carbonyl (C=O) groups is 1. The molecule has 0 amide bonds. The van der Waals surface area contributed by atoms with Crippen molar-refractivity contribution in [1.29, 1.82) is 0 Å². The summed E-state index contributed by atoms with van der Waals surface area (Å²) < 4.78 is 42.2. The van der Waals surface area contributed by atoms with Crippen LogP contribution >= 0.6 is 11.8 Å². The first-order valence-corrected chi connectivity index (χ1v) is 15.2. The zero-order valence-electron chi connectivity index (χ0n) is 23.5. The Kier molecular flexibility index (Phi) is 7.07. The third-order valence-corrected chi connectivity index (χ3v) is 10.0. The minimum Gasteiger partial charge on any atom is -0.486 e. The Balaban J connectivity index is 0.000000403. The predicted molar refractivity (Wildman–Crippen MR) is 154 cm³/mol. The Morgan fingerprint density at radius 3 is 2.64 bits per heavy atom. The average Bonchev–Trinajstić information content (AvgIpc) is 3.81. The van der Waals surface area contributed by atoms with E-state index in [1.54, 1.807) is 11.8 Å². The van der Waals surface area contributed by atoms with Crippen LogP contribution in [0.15, 0.2) is 52.9 Å². The van der Waals surface area contributed by atoms with E-state index in [0.29, 0.717) is 6.04 Å². The van der Waals surface area contributed by atoms with Gasteiger partial charge in [-0.1, -0.05) is 11.8 Å². The van der Waals surface area contributed by atoms with E-state index in [1.807, 2.05) is 37.1 Å². The fraction of sp³-hybridized carbons (Fsp3) is 0.464. The average molecular weight is 630 g/mol. The van der Waals surface area contributed by atoms with E-state index in [0.717, 1.165) is 84.3 Å². The van der Waals surface area contributed by atoms with E-state index < -0.39 is 12.1 Å². The summed E-state index contributed by atoms with van der Waals surface area (Å²) in [6.45, 7) is 4.50. The van der Waals surface area contributed by atoms with E-state index in [9.17, 15) is 13.2 Å². The van der Waals surface area contributed by atoms with E-state index in [2.05, 4.69) is 35.0 Å². The maximum atomic E-state index is 10.6. The summed E-state index contributed by atoms with van der Waals surface area (Å²) in [6, 6.07) is 4.59. The number of imidazole rings is 1. The van der Waals surface area contributed by atoms with Crippen molar-refractivity contribution in [3.63, 3.8) is 0 Å². The second-order valence-electron chi connectivity index (χ2n) is 11.5. The molecule has 4 aromatic rings. The zero-order valence-corrected chi connectivity index (χ0v) is 24.3. The molecule has 4 aromatic heterocycles. The molecular weight excluding hydrogens is 599 g/mol. The van der Waals surface area contributed by atoms with Gasteiger partial charge in [-0.3, -0.25) is 9.08 Å². The third-order valence-electron chi connectivity index (χ3n) is 8.99. The number of hydrogen-bond donors (Lipinski definition) is 2. The summed E-state index contributed by atoms with van der Waals surface area (Å²) >= 11 is 1.65. The van der Waals surface area contributed by atoms with Crippen LogP contribution in [0.5, 0.6) is 5.75 Å². The van der Waals surface area contributed by atoms with Crippen LogP contribution in [0, 0.1) is 5.41 Å². The van der Waals surface area contributed by atoms with Crippen LogP contribution in [-0.4, -0.2) is 78.7 Å². The highest BCUT2D eigenvalue weighted by Crippen LogP contribution is 2.48. The number of hydrogen-bond acceptors (Lipinski definition) is 10. The molecule has 44 heavy (non-hydrogen) atoms. The molecule has 2 saturated heterocycles. The monoisotopic (exact) mass is 629 g/mol. The van der Waals surface area contributed by atoms with E-state index >= 15 is 0 Å². The van der Waals surface area contributed by atoms with Gasteiger partial charge >= 0.3 is 12.1 Å². The van der Waals surface area contributed by atoms with Crippen molar-refractivity contribution < 1.29 is 27.8 Å². The molecule has 0 aliphatic carbocycles. The molecule has 2 atom stereocenters. The highest BCUT2D eigenvalue weighted by Gasteiger charge is 2.47. The quantitative estimate of drug-likeness (QED) is 0.342. The SMILES string of the molecule is N[C@@H]1c2ccnn2CC12CCN(c1ncc(Sc3ccnc4c3OC[C@@H]3CCCN43)c3nccn13)CC2.O=C(O)C(F)(F)F. The number of ether oxygens (including phenoxy) is 1. The van der Waals surface area contributed by atoms with Gasteiger partial charge in [0, 0.05) is 62.6 Å². The van der Waals surface area contributed by atoms with Gasteiger partial charge in [-0.2, -0.15) is 18.3 Å². The first kappa shape index (κ1) is 28.7. The van der Waals surface area contributed by atoms with E-state index in [-0.39, 0.29) is 11.5 Å². The number of fused-ring (bicyclic) bond motifs is 5. The zero-order chi connectivity index (χ0) is 30.6. The standard InChI is InChI=1S/C26H29N9OS.C2HF3O2/c27-22-18-3-8-31-35(18)16-26(22)5-11-32(12-6-26)25-30-14-20(23-29-9-13-34(23)25)37-19-4-7-28-24-21(19)36-15-17-2-1-10-33(17)24;3-2(4,5)1(6)7/h3-4,7-9,13-14,17,22H,1-2,5-6,10-12,15-16,27H2;(H,6,7)/t17-,22+;/m0./s1. The molecule has 12 nitrogen and oxygen atoms in total. The normalized spacial score (nSPS) is 21.8. The van der Waals surface area contributed by atoms with Crippen molar-refractivity contribution >= 4 is 35.1 Å². The Morgan fingerprint density at radius 1 is 1.09 bits per heavy atom. The summed E-state index contributed by atoms with van der Waals surface area (Å²) in [6.07, 6.45) is 8.89. The molecule has 4 aliphatic heterocycles. The lowest BCUT2D eigenvalue weighted by Crippen LogP contribution is -2.45. The summed E-state index contributed by atoms with van der Waals surface area (Å²) in [7, 11) is 0. The molecule has 2 fully saturated rings. The van der Waals surface area contributed by atoms with Crippen LogP contribution in [0.3, 0.4) is 0 Å². The molecule has 8 heterocycles.